The Morgan fingerprint density at radius 1 is 0.913 bits per heavy atom. The summed E-state index contributed by atoms with van der Waals surface area (Å²) in [6.45, 7) is 5.06. The maximum Gasteiger partial charge on any atom is 0.243 e. The molecule has 1 aromatic rings. The molecule has 0 aliphatic rings. The van der Waals surface area contributed by atoms with E-state index in [9.17, 15) is 37.5 Å². The van der Waals surface area contributed by atoms with Gasteiger partial charge in [0.2, 0.25) is 29.5 Å². The summed E-state index contributed by atoms with van der Waals surface area (Å²) in [4.78, 5) is 63.8. The molecule has 0 heterocycles. The van der Waals surface area contributed by atoms with Crippen LogP contribution in [0.2, 0.25) is 0 Å². The van der Waals surface area contributed by atoms with Gasteiger partial charge in [0.1, 0.15) is 23.9 Å². The third-order valence-corrected chi connectivity index (χ3v) is 6.99. The van der Waals surface area contributed by atoms with E-state index in [1.54, 1.807) is 12.1 Å². The standard InChI is InChI=1S/C29H46N8O8S/c1-17(2)14-23(27(42)35-20(16-25(30)40)11-13-46(4,44)45)37-26(41)22(6-5-12-33-29(31)32)36-28(43)24(34-18(3)38)15-19-7-9-21(39)10-8-19/h7-11,13,17,20,22-24,39H,5-6,12,14-16H2,1-4H3,(H2,30,40)(H,34,38)(H,35,42)(H,36,43)(H,37,41)(H4,31,32,33)/b13-11+/t20-,22+,23+,24+/m1/s1. The molecular formula is C29H46N8O8S. The Balaban J connectivity index is 3.25. The molecule has 4 atom stereocenters. The van der Waals surface area contributed by atoms with Crippen LogP contribution in [-0.4, -0.2) is 86.0 Å². The van der Waals surface area contributed by atoms with E-state index in [2.05, 4.69) is 26.6 Å². The van der Waals surface area contributed by atoms with E-state index in [0.717, 1.165) is 17.7 Å². The molecule has 0 unspecified atom stereocenters. The zero-order valence-corrected chi connectivity index (χ0v) is 27.3. The monoisotopic (exact) mass is 666 g/mol. The number of guanidine groups is 1. The summed E-state index contributed by atoms with van der Waals surface area (Å²) in [7, 11) is -3.58. The Bertz CT molecular complexity index is 1370. The molecule has 1 rings (SSSR count). The number of nitrogens with two attached hydrogens (primary N) is 2. The van der Waals surface area contributed by atoms with Crippen molar-refractivity contribution in [3.8, 4) is 5.75 Å². The number of primary amides is 1. The van der Waals surface area contributed by atoms with Crippen LogP contribution in [0.25, 0.3) is 0 Å². The average molecular weight is 667 g/mol. The van der Waals surface area contributed by atoms with Gasteiger partial charge in [-0.15, -0.1) is 0 Å². The van der Waals surface area contributed by atoms with Crippen LogP contribution < -0.4 is 38.1 Å². The zero-order chi connectivity index (χ0) is 35.0. The van der Waals surface area contributed by atoms with Crippen LogP contribution >= 0.6 is 0 Å². The van der Waals surface area contributed by atoms with Crippen molar-refractivity contribution in [2.45, 2.75) is 77.0 Å². The van der Waals surface area contributed by atoms with Gasteiger partial charge in [-0.2, -0.15) is 0 Å². The van der Waals surface area contributed by atoms with Crippen molar-refractivity contribution in [3.05, 3.63) is 41.3 Å². The number of amides is 5. The molecule has 0 radical (unpaired) electrons. The maximum atomic E-state index is 13.6. The first-order chi connectivity index (χ1) is 21.4. The predicted octanol–water partition coefficient (Wildman–Crippen LogP) is -1.36. The molecule has 0 spiro atoms. The van der Waals surface area contributed by atoms with Crippen molar-refractivity contribution in [1.29, 1.82) is 5.41 Å². The molecule has 11 N–H and O–H groups in total. The number of rotatable bonds is 19. The number of phenols is 1. The Kier molecular flexibility index (Phi) is 16.2. The average Bonchev–Trinajstić information content (AvgIpc) is 2.92. The predicted molar refractivity (Wildman–Crippen MR) is 172 cm³/mol. The molecule has 16 nitrogen and oxygen atoms in total. The van der Waals surface area contributed by atoms with Crippen LogP contribution in [0, 0.1) is 11.3 Å². The fourth-order valence-corrected chi connectivity index (χ4v) is 4.75. The lowest BCUT2D eigenvalue weighted by Crippen LogP contribution is -2.57. The number of phenolic OH excluding ortho intramolecular Hbond substituents is 1. The van der Waals surface area contributed by atoms with Gasteiger partial charge in [-0.3, -0.25) is 29.4 Å². The smallest absolute Gasteiger partial charge is 0.243 e. The lowest BCUT2D eigenvalue weighted by molar-refractivity contribution is -0.134. The molecule has 0 saturated carbocycles. The molecule has 5 amide bonds. The van der Waals surface area contributed by atoms with Crippen molar-refractivity contribution < 1.29 is 37.5 Å². The normalized spacial score (nSPS) is 14.0. The second-order valence-corrected chi connectivity index (χ2v) is 13.2. The molecule has 0 bridgehead atoms. The Labute approximate surface area is 268 Å². The van der Waals surface area contributed by atoms with Gasteiger partial charge in [0.15, 0.2) is 15.8 Å². The summed E-state index contributed by atoms with van der Waals surface area (Å²) >= 11 is 0. The van der Waals surface area contributed by atoms with Crippen LogP contribution in [0.3, 0.4) is 0 Å². The minimum Gasteiger partial charge on any atom is -0.508 e. The van der Waals surface area contributed by atoms with E-state index in [1.165, 1.54) is 19.1 Å². The van der Waals surface area contributed by atoms with Gasteiger partial charge in [-0.05, 0) is 42.9 Å². The van der Waals surface area contributed by atoms with Crippen molar-refractivity contribution in [3.63, 3.8) is 0 Å². The molecule has 1 aromatic carbocycles. The van der Waals surface area contributed by atoms with E-state index in [4.69, 9.17) is 16.9 Å². The van der Waals surface area contributed by atoms with Crippen LogP contribution in [0.1, 0.15) is 52.0 Å². The fraction of sp³-hybridized carbons (Fsp3) is 0.517. The summed E-state index contributed by atoms with van der Waals surface area (Å²) < 4.78 is 23.2. The topological polar surface area (TPSA) is 276 Å². The molecule has 0 saturated heterocycles. The lowest BCUT2D eigenvalue weighted by Gasteiger charge is -2.27. The Morgan fingerprint density at radius 3 is 2.00 bits per heavy atom. The first kappa shape index (κ1) is 39.4. The fourth-order valence-electron chi connectivity index (χ4n) is 4.27. The minimum atomic E-state index is -3.58. The van der Waals surface area contributed by atoms with E-state index >= 15 is 0 Å². The number of hydrogen-bond donors (Lipinski definition) is 9. The van der Waals surface area contributed by atoms with Crippen molar-refractivity contribution in [1.82, 2.24) is 26.6 Å². The molecule has 256 valence electrons. The molecule has 17 heteroatoms. The highest BCUT2D eigenvalue weighted by atomic mass is 32.2. The number of hydrogen-bond acceptors (Lipinski definition) is 9. The second kappa shape index (κ2) is 19.0. The first-order valence-corrected chi connectivity index (χ1v) is 16.5. The van der Waals surface area contributed by atoms with Gasteiger partial charge in [0.05, 0.1) is 12.5 Å². The van der Waals surface area contributed by atoms with Crippen molar-refractivity contribution in [2.24, 2.45) is 17.4 Å². The lowest BCUT2D eigenvalue weighted by atomic mass is 10.0. The molecule has 0 aliphatic heterocycles. The van der Waals surface area contributed by atoms with Gasteiger partial charge in [-0.1, -0.05) is 32.1 Å². The highest BCUT2D eigenvalue weighted by Crippen LogP contribution is 2.13. The summed E-state index contributed by atoms with van der Waals surface area (Å²) in [5.74, 6) is -3.76. The number of carbonyl (C=O) groups is 5. The highest BCUT2D eigenvalue weighted by Gasteiger charge is 2.30. The van der Waals surface area contributed by atoms with Crippen LogP contribution in [0.15, 0.2) is 35.7 Å². The number of carbonyl (C=O) groups excluding carboxylic acids is 5. The van der Waals surface area contributed by atoms with Crippen LogP contribution in [-0.2, 0) is 40.2 Å². The minimum absolute atomic E-state index is 0.0209. The maximum absolute atomic E-state index is 13.6. The largest absolute Gasteiger partial charge is 0.508 e. The molecule has 0 aromatic heterocycles. The third-order valence-electron chi connectivity index (χ3n) is 6.34. The van der Waals surface area contributed by atoms with Crippen LogP contribution in [0.4, 0.5) is 0 Å². The van der Waals surface area contributed by atoms with Gasteiger partial charge >= 0.3 is 0 Å². The summed E-state index contributed by atoms with van der Waals surface area (Å²) in [5, 5.41) is 30.8. The van der Waals surface area contributed by atoms with Crippen molar-refractivity contribution in [2.75, 3.05) is 12.8 Å². The second-order valence-electron chi connectivity index (χ2n) is 11.3. The molecule has 46 heavy (non-hydrogen) atoms. The van der Waals surface area contributed by atoms with Crippen molar-refractivity contribution >= 4 is 45.3 Å². The Morgan fingerprint density at radius 2 is 1.48 bits per heavy atom. The van der Waals surface area contributed by atoms with E-state index < -0.39 is 70.0 Å². The van der Waals surface area contributed by atoms with E-state index in [1.807, 2.05) is 13.8 Å². The van der Waals surface area contributed by atoms with E-state index in [0.29, 0.717) is 5.56 Å². The Hall–Kier alpha value is -4.67. The molecule has 0 aliphatic carbocycles. The number of benzene rings is 1. The summed E-state index contributed by atoms with van der Waals surface area (Å²) in [6, 6.07) is 1.54. The van der Waals surface area contributed by atoms with Gasteiger partial charge in [0, 0.05) is 31.6 Å². The zero-order valence-electron chi connectivity index (χ0n) is 26.5. The number of nitrogens with one attached hydrogen (secondary N) is 6. The summed E-state index contributed by atoms with van der Waals surface area (Å²) in [5.41, 5.74) is 11.2. The number of aromatic hydroxyl groups is 1. The summed E-state index contributed by atoms with van der Waals surface area (Å²) in [6.07, 6.45) is 2.20. The third kappa shape index (κ3) is 17.0. The van der Waals surface area contributed by atoms with Gasteiger partial charge in [0.25, 0.3) is 0 Å². The van der Waals surface area contributed by atoms with Gasteiger partial charge in [-0.25, -0.2) is 8.42 Å². The molecule has 0 fully saturated rings. The quantitative estimate of drug-likeness (QED) is 0.0475. The van der Waals surface area contributed by atoms with Gasteiger partial charge < -0.3 is 43.2 Å². The van der Waals surface area contributed by atoms with E-state index in [-0.39, 0.29) is 49.9 Å². The highest BCUT2D eigenvalue weighted by molar-refractivity contribution is 7.93. The first-order valence-electron chi connectivity index (χ1n) is 14.6. The number of sulfone groups is 1. The SMILES string of the molecule is CC(=O)N[C@@H](Cc1ccc(O)cc1)C(=O)N[C@@H](CCCNC(=N)N)C(=O)N[C@@H](CC(C)C)C(=O)N[C@H](/C=C/S(C)(=O)=O)CC(N)=O. The van der Waals surface area contributed by atoms with Crippen LogP contribution in [0.5, 0.6) is 5.75 Å². The molecular weight excluding hydrogens is 620 g/mol.